The molecule has 286 valence electrons. The fourth-order valence-corrected chi connectivity index (χ4v) is 11.7. The van der Waals surface area contributed by atoms with Gasteiger partial charge in [0.2, 0.25) is 0 Å². The van der Waals surface area contributed by atoms with Gasteiger partial charge in [-0.05, 0) is 85.8 Å². The van der Waals surface area contributed by atoms with Crippen LogP contribution in [0.2, 0.25) is 12.1 Å². The predicted molar refractivity (Wildman–Crippen MR) is 236 cm³/mol. The molecule has 0 spiro atoms. The molecule has 0 aromatic heterocycles. The summed E-state index contributed by atoms with van der Waals surface area (Å²) in [7, 11) is 13.1. The quantitative estimate of drug-likeness (QED) is 0.164. The third kappa shape index (κ3) is 8.78. The SMILES string of the molecule is COc1c(C(C)(C)C)cc2c(c1-c1cc(C)cc(C)c1)C=C(C)C2C[SiH2]CC1C(C)=Cc2c1cc(C(C)(C)C)c(OC)c2-c1cc(C)cc(C)c1.[Cl][Zr][Cl]. The van der Waals surface area contributed by atoms with Gasteiger partial charge in [0.25, 0.3) is 0 Å². The van der Waals surface area contributed by atoms with Gasteiger partial charge in [0, 0.05) is 43.6 Å². The van der Waals surface area contributed by atoms with Gasteiger partial charge in [-0.15, -0.1) is 0 Å². The van der Waals surface area contributed by atoms with Crippen LogP contribution in [0.15, 0.2) is 59.7 Å². The van der Waals surface area contributed by atoms with Gasteiger partial charge in [0.05, 0.1) is 14.2 Å². The number of ether oxygens (including phenoxy) is 2. The van der Waals surface area contributed by atoms with Crippen molar-refractivity contribution in [3.8, 4) is 33.8 Å². The van der Waals surface area contributed by atoms with Crippen molar-refractivity contribution in [1.82, 2.24) is 0 Å². The number of aryl methyl sites for hydroxylation is 4. The number of methoxy groups -OCH3 is 2. The third-order valence-corrected chi connectivity index (χ3v) is 13.3. The van der Waals surface area contributed by atoms with E-state index < -0.39 is 30.4 Å². The Morgan fingerprint density at radius 1 is 0.556 bits per heavy atom. The molecule has 6 rings (SSSR count). The van der Waals surface area contributed by atoms with Gasteiger partial charge in [0.15, 0.2) is 0 Å². The molecule has 6 heteroatoms. The van der Waals surface area contributed by atoms with E-state index in [1.807, 2.05) is 14.2 Å². The van der Waals surface area contributed by atoms with Gasteiger partial charge in [0.1, 0.15) is 11.5 Å². The molecular weight excluding hydrogens is 799 g/mol. The van der Waals surface area contributed by atoms with Crippen LogP contribution in [-0.2, 0) is 31.7 Å². The first kappa shape index (κ1) is 42.8. The molecule has 0 saturated heterocycles. The van der Waals surface area contributed by atoms with Crippen molar-refractivity contribution in [3.05, 3.63) is 115 Å². The second kappa shape index (κ2) is 17.0. The molecule has 0 bridgehead atoms. The Bertz CT molecular complexity index is 1930. The first-order valence-electron chi connectivity index (χ1n) is 19.3. The van der Waals surface area contributed by atoms with Crippen molar-refractivity contribution < 1.29 is 30.3 Å². The summed E-state index contributed by atoms with van der Waals surface area (Å²) < 4.78 is 12.6. The molecule has 0 N–H and O–H groups in total. The van der Waals surface area contributed by atoms with E-state index in [0.29, 0.717) is 11.8 Å². The third-order valence-electron chi connectivity index (χ3n) is 11.3. The van der Waals surface area contributed by atoms with Gasteiger partial charge in [-0.2, -0.15) is 0 Å². The van der Waals surface area contributed by atoms with Crippen molar-refractivity contribution in [2.24, 2.45) is 0 Å². The normalized spacial score (nSPS) is 16.4. The Morgan fingerprint density at radius 2 is 0.870 bits per heavy atom. The maximum absolute atomic E-state index is 6.30. The Hall–Kier alpha value is -2.36. The maximum atomic E-state index is 6.30. The van der Waals surface area contributed by atoms with Crippen molar-refractivity contribution in [1.29, 1.82) is 0 Å². The number of rotatable bonds is 8. The van der Waals surface area contributed by atoms with Crippen LogP contribution in [0.25, 0.3) is 34.4 Å². The van der Waals surface area contributed by atoms with Gasteiger partial charge < -0.3 is 9.47 Å². The van der Waals surface area contributed by atoms with Crippen LogP contribution in [-0.4, -0.2) is 23.7 Å². The zero-order valence-electron chi connectivity index (χ0n) is 35.1. The van der Waals surface area contributed by atoms with Crippen LogP contribution in [0.1, 0.15) is 123 Å². The molecule has 0 fully saturated rings. The number of halogens is 2. The van der Waals surface area contributed by atoms with Gasteiger partial charge in [-0.3, -0.25) is 0 Å². The minimum atomic E-state index is -0.826. The van der Waals surface area contributed by atoms with Crippen LogP contribution in [0, 0.1) is 27.7 Å². The minimum absolute atomic E-state index is 0.0404. The van der Waals surface area contributed by atoms with Crippen LogP contribution in [0.4, 0.5) is 0 Å². The van der Waals surface area contributed by atoms with E-state index in [-0.39, 0.29) is 10.8 Å². The summed E-state index contributed by atoms with van der Waals surface area (Å²) in [4.78, 5) is 0. The van der Waals surface area contributed by atoms with E-state index >= 15 is 0 Å². The fourth-order valence-electron chi connectivity index (χ4n) is 9.08. The number of allylic oxidation sites excluding steroid dienone is 2. The molecule has 0 saturated carbocycles. The Kier molecular flexibility index (Phi) is 13.5. The molecular formula is C48H60Cl2O2SiZr. The standard InChI is InChI=1S/C48H60O2Si.2ClH.Zr/c1-27-15-28(2)18-33(17-27)43-37-21-31(5)39(35(37)23-41(45(43)49-13)47(7,8)9)25-51-26-40-32(6)22-38-36(40)24-42(48(10,11)12)46(50-14)44(38)34-19-29(3)16-30(4)20-34;;;/h15-24,39-40H,25-26,51H2,1-14H3;2*1H;/q;;;+2/p-2. The summed E-state index contributed by atoms with van der Waals surface area (Å²) >= 11 is -0.826. The number of hydrogen-bond donors (Lipinski definition) is 0. The van der Waals surface area contributed by atoms with E-state index in [1.165, 1.54) is 101 Å². The van der Waals surface area contributed by atoms with Crippen molar-refractivity contribution in [3.63, 3.8) is 0 Å². The molecule has 0 amide bonds. The molecule has 0 heterocycles. The van der Waals surface area contributed by atoms with Gasteiger partial charge >= 0.3 is 37.9 Å². The summed E-state index contributed by atoms with van der Waals surface area (Å²) in [6.45, 7) is 27.5. The molecule has 2 aliphatic rings. The second-order valence-corrected chi connectivity index (χ2v) is 23.4. The summed E-state index contributed by atoms with van der Waals surface area (Å²) in [5.41, 5.74) is 21.5. The molecule has 0 radical (unpaired) electrons. The number of fused-ring (bicyclic) bond motifs is 2. The summed E-state index contributed by atoms with van der Waals surface area (Å²) in [5.74, 6) is 2.98. The van der Waals surface area contributed by atoms with Gasteiger partial charge in [-0.25, -0.2) is 0 Å². The first-order chi connectivity index (χ1) is 25.3. The van der Waals surface area contributed by atoms with E-state index in [4.69, 9.17) is 26.5 Å². The number of benzene rings is 4. The molecule has 2 aliphatic carbocycles. The van der Waals surface area contributed by atoms with Crippen molar-refractivity contribution in [2.45, 2.75) is 118 Å². The molecule has 2 nitrogen and oxygen atoms in total. The van der Waals surface area contributed by atoms with Crippen LogP contribution in [0.5, 0.6) is 11.5 Å². The molecule has 0 aliphatic heterocycles. The first-order valence-corrected chi connectivity index (χ1v) is 27.7. The predicted octanol–water partition coefficient (Wildman–Crippen LogP) is 13.9. The molecule has 4 aromatic carbocycles. The second-order valence-electron chi connectivity index (χ2n) is 17.8. The average Bonchev–Trinajstić information content (AvgIpc) is 3.55. The van der Waals surface area contributed by atoms with Crippen LogP contribution >= 0.6 is 17.0 Å². The topological polar surface area (TPSA) is 18.5 Å². The van der Waals surface area contributed by atoms with Crippen LogP contribution in [0.3, 0.4) is 0 Å². The Balaban J connectivity index is 0.00000181. The summed E-state index contributed by atoms with van der Waals surface area (Å²) in [5, 5.41) is 0. The van der Waals surface area contributed by atoms with Crippen LogP contribution < -0.4 is 9.47 Å². The zero-order chi connectivity index (χ0) is 39.9. The average molecular weight is 859 g/mol. The molecule has 2 atom stereocenters. The molecule has 54 heavy (non-hydrogen) atoms. The van der Waals surface area contributed by atoms with Crippen molar-refractivity contribution in [2.75, 3.05) is 14.2 Å². The monoisotopic (exact) mass is 856 g/mol. The van der Waals surface area contributed by atoms with Crippen molar-refractivity contribution >= 4 is 38.7 Å². The van der Waals surface area contributed by atoms with E-state index in [2.05, 4.69) is 144 Å². The van der Waals surface area contributed by atoms with E-state index in [0.717, 1.165) is 11.5 Å². The van der Waals surface area contributed by atoms with E-state index in [1.54, 1.807) is 0 Å². The Labute approximate surface area is 347 Å². The number of hydrogen-bond acceptors (Lipinski definition) is 2. The molecule has 4 aromatic rings. The summed E-state index contributed by atoms with van der Waals surface area (Å²) in [6.07, 6.45) is 4.95. The van der Waals surface area contributed by atoms with E-state index in [9.17, 15) is 0 Å². The zero-order valence-corrected chi connectivity index (χ0v) is 40.5. The Morgan fingerprint density at radius 3 is 1.15 bits per heavy atom. The van der Waals surface area contributed by atoms with Gasteiger partial charge in [-0.1, -0.05) is 148 Å². The fraction of sp³-hybridized carbons (Fsp3) is 0.417. The summed E-state index contributed by atoms with van der Waals surface area (Å²) in [6, 6.07) is 21.4. The molecule has 2 unspecified atom stereocenters.